The van der Waals surface area contributed by atoms with Crippen LogP contribution in [0.2, 0.25) is 0 Å². The molecule has 0 N–H and O–H groups in total. The lowest BCUT2D eigenvalue weighted by molar-refractivity contribution is -0.142. The molecule has 2 bridgehead atoms. The van der Waals surface area contributed by atoms with Crippen molar-refractivity contribution < 1.29 is 18.7 Å². The van der Waals surface area contributed by atoms with Crippen LogP contribution < -0.4 is 0 Å². The number of hydrogen-bond donors (Lipinski definition) is 0. The van der Waals surface area contributed by atoms with Gasteiger partial charge in [0.05, 0.1) is 31.3 Å². The number of halogens is 1. The fraction of sp³-hybridized carbons (Fsp3) is 0.611. The molecule has 0 aromatic heterocycles. The molecule has 0 unspecified atom stereocenters. The summed E-state index contributed by atoms with van der Waals surface area (Å²) in [6.07, 6.45) is 0.769. The van der Waals surface area contributed by atoms with Crippen molar-refractivity contribution in [2.24, 2.45) is 5.92 Å². The molecule has 130 valence electrons. The maximum Gasteiger partial charge on any atom is 0.228 e. The lowest BCUT2D eigenvalue weighted by Crippen LogP contribution is -2.48. The normalized spacial score (nSPS) is 30.5. The second-order valence-electron chi connectivity index (χ2n) is 6.86. The molecule has 0 radical (unpaired) electrons. The number of hydrogen-bond acceptors (Lipinski definition) is 4. The highest BCUT2D eigenvalue weighted by Crippen LogP contribution is 2.34. The van der Waals surface area contributed by atoms with Gasteiger partial charge in [-0.05, 0) is 12.5 Å². The number of carbonyl (C=O) groups is 1. The molecule has 3 aliphatic rings. The minimum Gasteiger partial charge on any atom is -0.378 e. The lowest BCUT2D eigenvalue weighted by Gasteiger charge is -2.34. The van der Waals surface area contributed by atoms with E-state index in [2.05, 4.69) is 4.90 Å². The minimum absolute atomic E-state index is 0.0706. The molecule has 5 nitrogen and oxygen atoms in total. The summed E-state index contributed by atoms with van der Waals surface area (Å²) in [5, 5.41) is 0. The van der Waals surface area contributed by atoms with E-state index in [-0.39, 0.29) is 29.9 Å². The number of likely N-dealkylation sites (tertiary alicyclic amines) is 1. The average Bonchev–Trinajstić information content (AvgIpc) is 2.91. The van der Waals surface area contributed by atoms with Crippen molar-refractivity contribution in [3.8, 4) is 0 Å². The summed E-state index contributed by atoms with van der Waals surface area (Å²) < 4.78 is 25.2. The van der Waals surface area contributed by atoms with E-state index in [0.717, 1.165) is 13.0 Å². The van der Waals surface area contributed by atoms with Gasteiger partial charge in [0, 0.05) is 38.3 Å². The number of fused-ring (bicyclic) bond motifs is 2. The van der Waals surface area contributed by atoms with Crippen molar-refractivity contribution in [3.63, 3.8) is 0 Å². The van der Waals surface area contributed by atoms with Gasteiger partial charge >= 0.3 is 0 Å². The van der Waals surface area contributed by atoms with Crippen LogP contribution in [0.3, 0.4) is 0 Å². The van der Waals surface area contributed by atoms with Crippen LogP contribution in [0.4, 0.5) is 4.39 Å². The second kappa shape index (κ2) is 6.78. The van der Waals surface area contributed by atoms with Crippen LogP contribution in [0.5, 0.6) is 0 Å². The molecule has 3 atom stereocenters. The number of carbonyl (C=O) groups excluding carboxylic acids is 1. The Hall–Kier alpha value is -1.50. The molecule has 1 aromatic rings. The van der Waals surface area contributed by atoms with Crippen LogP contribution in [0.25, 0.3) is 0 Å². The molecule has 4 rings (SSSR count). The first-order valence-electron chi connectivity index (χ1n) is 8.68. The van der Waals surface area contributed by atoms with Gasteiger partial charge in [-0.1, -0.05) is 18.2 Å². The third-order valence-electron chi connectivity index (χ3n) is 5.22. The molecule has 1 aromatic carbocycles. The number of rotatable bonds is 3. The van der Waals surface area contributed by atoms with Gasteiger partial charge in [-0.3, -0.25) is 9.69 Å². The van der Waals surface area contributed by atoms with Gasteiger partial charge in [0.2, 0.25) is 5.91 Å². The third-order valence-corrected chi connectivity index (χ3v) is 5.22. The summed E-state index contributed by atoms with van der Waals surface area (Å²) >= 11 is 0. The maximum atomic E-state index is 13.9. The van der Waals surface area contributed by atoms with Crippen LogP contribution in [-0.2, 0) is 20.8 Å². The molecule has 3 fully saturated rings. The fourth-order valence-corrected chi connectivity index (χ4v) is 4.01. The third kappa shape index (κ3) is 3.18. The first kappa shape index (κ1) is 16.0. The first-order valence-corrected chi connectivity index (χ1v) is 8.68. The summed E-state index contributed by atoms with van der Waals surface area (Å²) in [6.45, 7) is 4.60. The van der Waals surface area contributed by atoms with Gasteiger partial charge in [0.25, 0.3) is 0 Å². The van der Waals surface area contributed by atoms with E-state index >= 15 is 0 Å². The largest absolute Gasteiger partial charge is 0.378 e. The highest BCUT2D eigenvalue weighted by atomic mass is 19.1. The zero-order valence-corrected chi connectivity index (χ0v) is 13.7. The SMILES string of the molecule is O=C([C@@H]1C[C@H]2CN(Cc3ccccc3F)C[C@@H]1O2)N1CCOCC1. The summed E-state index contributed by atoms with van der Waals surface area (Å²) in [6, 6.07) is 6.88. The molecular weight excluding hydrogens is 311 g/mol. The summed E-state index contributed by atoms with van der Waals surface area (Å²) in [4.78, 5) is 16.9. The van der Waals surface area contributed by atoms with Gasteiger partial charge < -0.3 is 14.4 Å². The molecule has 3 saturated heterocycles. The molecule has 6 heteroatoms. The number of amides is 1. The Morgan fingerprint density at radius 3 is 2.79 bits per heavy atom. The van der Waals surface area contributed by atoms with Crippen LogP contribution in [-0.4, -0.2) is 67.3 Å². The quantitative estimate of drug-likeness (QED) is 0.835. The van der Waals surface area contributed by atoms with Gasteiger partial charge in [-0.15, -0.1) is 0 Å². The van der Waals surface area contributed by atoms with Crippen LogP contribution in [0.15, 0.2) is 24.3 Å². The number of nitrogens with zero attached hydrogens (tertiary/aromatic N) is 2. The van der Waals surface area contributed by atoms with E-state index < -0.39 is 0 Å². The Labute approximate surface area is 141 Å². The zero-order chi connectivity index (χ0) is 16.5. The number of morpholine rings is 2. The van der Waals surface area contributed by atoms with Crippen molar-refractivity contribution in [2.75, 3.05) is 39.4 Å². The Morgan fingerprint density at radius 2 is 2.00 bits per heavy atom. The van der Waals surface area contributed by atoms with E-state index in [1.54, 1.807) is 6.07 Å². The molecule has 24 heavy (non-hydrogen) atoms. The van der Waals surface area contributed by atoms with Crippen molar-refractivity contribution >= 4 is 5.91 Å². The van der Waals surface area contributed by atoms with E-state index in [0.29, 0.717) is 45.0 Å². The van der Waals surface area contributed by atoms with E-state index in [1.165, 1.54) is 6.07 Å². The molecule has 1 amide bonds. The lowest BCUT2D eigenvalue weighted by atomic mass is 9.98. The molecule has 3 aliphatic heterocycles. The maximum absolute atomic E-state index is 13.9. The Kier molecular flexibility index (Phi) is 4.52. The van der Waals surface area contributed by atoms with Crippen molar-refractivity contribution in [2.45, 2.75) is 25.2 Å². The summed E-state index contributed by atoms with van der Waals surface area (Å²) in [5.41, 5.74) is 0.704. The zero-order valence-electron chi connectivity index (χ0n) is 13.7. The number of ether oxygens (including phenoxy) is 2. The van der Waals surface area contributed by atoms with Gasteiger partial charge in [0.15, 0.2) is 0 Å². The van der Waals surface area contributed by atoms with E-state index in [1.807, 2.05) is 17.0 Å². The predicted octanol–water partition coefficient (Wildman–Crippen LogP) is 1.27. The second-order valence-corrected chi connectivity index (χ2v) is 6.86. The topological polar surface area (TPSA) is 42.0 Å². The molecule has 3 heterocycles. The Balaban J connectivity index is 1.40. The molecular formula is C18H23FN2O3. The van der Waals surface area contributed by atoms with Gasteiger partial charge in [-0.25, -0.2) is 4.39 Å². The predicted molar refractivity (Wildman–Crippen MR) is 85.8 cm³/mol. The van der Waals surface area contributed by atoms with Crippen LogP contribution in [0, 0.1) is 11.7 Å². The van der Waals surface area contributed by atoms with Crippen LogP contribution >= 0.6 is 0 Å². The van der Waals surface area contributed by atoms with Crippen molar-refractivity contribution in [3.05, 3.63) is 35.6 Å². The summed E-state index contributed by atoms with van der Waals surface area (Å²) in [7, 11) is 0. The van der Waals surface area contributed by atoms with Crippen molar-refractivity contribution in [1.29, 1.82) is 0 Å². The summed E-state index contributed by atoms with van der Waals surface area (Å²) in [5.74, 6) is -0.0467. The highest BCUT2D eigenvalue weighted by Gasteiger charge is 2.45. The Morgan fingerprint density at radius 1 is 1.21 bits per heavy atom. The Bertz CT molecular complexity index is 606. The monoisotopic (exact) mass is 334 g/mol. The first-order chi connectivity index (χ1) is 11.7. The van der Waals surface area contributed by atoms with Gasteiger partial charge in [-0.2, -0.15) is 0 Å². The standard InChI is InChI=1S/C18H23FN2O3/c19-16-4-2-1-3-13(16)10-20-11-14-9-15(17(12-20)24-14)18(22)21-5-7-23-8-6-21/h1-4,14-15,17H,5-12H2/t14-,15+,17-/m0/s1. The van der Waals surface area contributed by atoms with Crippen molar-refractivity contribution in [1.82, 2.24) is 9.80 Å². The highest BCUT2D eigenvalue weighted by molar-refractivity contribution is 5.80. The van der Waals surface area contributed by atoms with Gasteiger partial charge in [0.1, 0.15) is 5.82 Å². The fourth-order valence-electron chi connectivity index (χ4n) is 4.01. The minimum atomic E-state index is -0.169. The van der Waals surface area contributed by atoms with E-state index in [4.69, 9.17) is 9.47 Å². The number of benzene rings is 1. The van der Waals surface area contributed by atoms with E-state index in [9.17, 15) is 9.18 Å². The average molecular weight is 334 g/mol. The smallest absolute Gasteiger partial charge is 0.228 e. The van der Waals surface area contributed by atoms with Crippen LogP contribution in [0.1, 0.15) is 12.0 Å². The molecule has 0 saturated carbocycles. The molecule has 0 spiro atoms. The molecule has 0 aliphatic carbocycles.